The van der Waals surface area contributed by atoms with Crippen molar-refractivity contribution in [2.45, 2.75) is 37.9 Å². The molecule has 7 heterocycles. The standard InChI is InChI=1S/C35H36N10O2/c1-3-34(46)42-18-28(19-42)41-10-11-43-29(20-41)21-47-33-13-24(4-5-32(33)43)30-12-25(17-44-35(30)26(14-36)15-38-44)31-16-39-45(23(31)2)27-6-8-40(22-37)9-7-27/h3-5,12-13,15-17,27-29H,1,6-11,18-21H2,2H3/t29-/m1/s1. The average molecular weight is 629 g/mol. The van der Waals surface area contributed by atoms with Crippen LogP contribution in [-0.4, -0.2) is 105 Å². The van der Waals surface area contributed by atoms with Crippen LogP contribution in [0.3, 0.4) is 0 Å². The highest BCUT2D eigenvalue weighted by Crippen LogP contribution is 2.41. The van der Waals surface area contributed by atoms with Crippen LogP contribution in [0.5, 0.6) is 5.75 Å². The number of carbonyl (C=O) groups is 1. The quantitative estimate of drug-likeness (QED) is 0.242. The van der Waals surface area contributed by atoms with E-state index in [0.717, 1.165) is 104 Å². The highest BCUT2D eigenvalue weighted by Gasteiger charge is 2.40. The molecule has 1 atom stereocenters. The van der Waals surface area contributed by atoms with E-state index in [2.05, 4.69) is 69.6 Å². The molecule has 4 aromatic rings. The minimum absolute atomic E-state index is 0.00459. The number of pyridine rings is 1. The summed E-state index contributed by atoms with van der Waals surface area (Å²) in [6.07, 6.45) is 10.9. The van der Waals surface area contributed by atoms with Crippen LogP contribution in [0.4, 0.5) is 5.69 Å². The predicted molar refractivity (Wildman–Crippen MR) is 176 cm³/mol. The smallest absolute Gasteiger partial charge is 0.246 e. The summed E-state index contributed by atoms with van der Waals surface area (Å²) in [5.41, 5.74) is 7.29. The zero-order valence-corrected chi connectivity index (χ0v) is 26.4. The van der Waals surface area contributed by atoms with Gasteiger partial charge in [0.15, 0.2) is 6.19 Å². The number of rotatable bonds is 5. The zero-order valence-electron chi connectivity index (χ0n) is 26.4. The van der Waals surface area contributed by atoms with E-state index in [-0.39, 0.29) is 18.0 Å². The Labute approximate surface area is 273 Å². The van der Waals surface area contributed by atoms with Crippen LogP contribution >= 0.6 is 0 Å². The van der Waals surface area contributed by atoms with E-state index < -0.39 is 0 Å². The molecule has 1 amide bonds. The van der Waals surface area contributed by atoms with E-state index >= 15 is 0 Å². The molecule has 238 valence electrons. The first-order valence-electron chi connectivity index (χ1n) is 16.3. The lowest BCUT2D eigenvalue weighted by Gasteiger charge is -2.51. The Balaban J connectivity index is 1.08. The Morgan fingerprint density at radius 3 is 2.57 bits per heavy atom. The van der Waals surface area contributed by atoms with Crippen LogP contribution in [0.25, 0.3) is 27.8 Å². The number of nitrogens with zero attached hydrogens (tertiary/aromatic N) is 10. The van der Waals surface area contributed by atoms with Gasteiger partial charge in [0.25, 0.3) is 0 Å². The van der Waals surface area contributed by atoms with Crippen LogP contribution in [0.15, 0.2) is 55.5 Å². The molecular weight excluding hydrogens is 592 g/mol. The normalized spacial score (nSPS) is 20.1. The van der Waals surface area contributed by atoms with E-state index in [1.165, 1.54) is 6.08 Å². The maximum absolute atomic E-state index is 11.9. The van der Waals surface area contributed by atoms with Crippen LogP contribution in [-0.2, 0) is 4.79 Å². The van der Waals surface area contributed by atoms with E-state index in [1.807, 2.05) is 17.3 Å². The van der Waals surface area contributed by atoms with Crippen molar-refractivity contribution in [3.05, 3.63) is 66.8 Å². The molecule has 0 radical (unpaired) electrons. The number of hydrogen-bond donors (Lipinski definition) is 0. The lowest BCUT2D eigenvalue weighted by molar-refractivity contribution is -0.133. The van der Waals surface area contributed by atoms with Gasteiger partial charge in [-0.05, 0) is 49.6 Å². The van der Waals surface area contributed by atoms with Crippen molar-refractivity contribution in [1.82, 2.24) is 34.1 Å². The number of piperazine rings is 1. The summed E-state index contributed by atoms with van der Waals surface area (Å²) >= 11 is 0. The van der Waals surface area contributed by atoms with Crippen LogP contribution in [0.2, 0.25) is 0 Å². The second-order valence-electron chi connectivity index (χ2n) is 12.9. The summed E-state index contributed by atoms with van der Waals surface area (Å²) in [6, 6.07) is 11.7. The number of likely N-dealkylation sites (tertiary alicyclic amines) is 2. The molecule has 0 bridgehead atoms. The van der Waals surface area contributed by atoms with Gasteiger partial charge in [0.1, 0.15) is 18.4 Å². The number of benzene rings is 1. The summed E-state index contributed by atoms with van der Waals surface area (Å²) < 4.78 is 10.3. The Kier molecular flexibility index (Phi) is 7.11. The van der Waals surface area contributed by atoms with Crippen molar-refractivity contribution >= 4 is 17.1 Å². The van der Waals surface area contributed by atoms with Crippen LogP contribution < -0.4 is 9.64 Å². The Bertz CT molecular complexity index is 1970. The molecule has 1 aromatic carbocycles. The molecule has 0 aliphatic carbocycles. The summed E-state index contributed by atoms with van der Waals surface area (Å²) in [5.74, 6) is 0.845. The van der Waals surface area contributed by atoms with Gasteiger partial charge in [-0.2, -0.15) is 20.7 Å². The summed E-state index contributed by atoms with van der Waals surface area (Å²) in [6.45, 7) is 12.0. The van der Waals surface area contributed by atoms with Gasteiger partial charge in [0.2, 0.25) is 5.91 Å². The first kappa shape index (κ1) is 29.1. The molecule has 8 rings (SSSR count). The monoisotopic (exact) mass is 628 g/mol. The second-order valence-corrected chi connectivity index (χ2v) is 12.9. The fourth-order valence-corrected chi connectivity index (χ4v) is 7.74. The molecule has 3 saturated heterocycles. The Hall–Kier alpha value is -5.33. The lowest BCUT2D eigenvalue weighted by Crippen LogP contribution is -2.67. The van der Waals surface area contributed by atoms with Gasteiger partial charge in [-0.3, -0.25) is 14.4 Å². The number of amides is 1. The van der Waals surface area contributed by atoms with Crippen molar-refractivity contribution < 1.29 is 9.53 Å². The van der Waals surface area contributed by atoms with E-state index in [9.17, 15) is 15.3 Å². The van der Waals surface area contributed by atoms with Crippen LogP contribution in [0.1, 0.15) is 30.1 Å². The molecule has 12 nitrogen and oxygen atoms in total. The highest BCUT2D eigenvalue weighted by atomic mass is 16.5. The number of aromatic nitrogens is 4. The topological polar surface area (TPSA) is 122 Å². The van der Waals surface area contributed by atoms with E-state index in [1.54, 1.807) is 15.6 Å². The SMILES string of the molecule is C=CC(=O)N1CC(N2CCN3c4ccc(-c5cc(-c6cnn(C7CCN(C#N)CC7)c6C)cn6ncc(C#N)c56)cc4OC[C@H]3C2)C1. The van der Waals surface area contributed by atoms with Gasteiger partial charge in [-0.25, -0.2) is 4.52 Å². The average Bonchev–Trinajstić information content (AvgIpc) is 3.69. The minimum Gasteiger partial charge on any atom is -0.489 e. The van der Waals surface area contributed by atoms with Crippen molar-refractivity contribution in [2.75, 3.05) is 57.3 Å². The van der Waals surface area contributed by atoms with Gasteiger partial charge in [-0.1, -0.05) is 12.6 Å². The molecule has 47 heavy (non-hydrogen) atoms. The molecule has 3 aromatic heterocycles. The third kappa shape index (κ3) is 4.88. The van der Waals surface area contributed by atoms with Gasteiger partial charge in [-0.15, -0.1) is 0 Å². The van der Waals surface area contributed by atoms with Gasteiger partial charge < -0.3 is 19.4 Å². The van der Waals surface area contributed by atoms with Crippen molar-refractivity contribution in [2.24, 2.45) is 0 Å². The number of ether oxygens (including phenoxy) is 1. The molecule has 0 saturated carbocycles. The molecule has 0 unspecified atom stereocenters. The number of hydrogen-bond acceptors (Lipinski definition) is 9. The van der Waals surface area contributed by atoms with E-state index in [4.69, 9.17) is 9.84 Å². The molecular formula is C35H36N10O2. The fraction of sp³-hybridized carbons (Fsp3) is 0.400. The molecule has 3 fully saturated rings. The number of piperidine rings is 1. The molecule has 0 spiro atoms. The fourth-order valence-electron chi connectivity index (χ4n) is 7.74. The number of fused-ring (bicyclic) bond motifs is 4. The maximum Gasteiger partial charge on any atom is 0.246 e. The van der Waals surface area contributed by atoms with Crippen LogP contribution in [0, 0.1) is 29.7 Å². The van der Waals surface area contributed by atoms with Gasteiger partial charge in [0.05, 0.1) is 41.2 Å². The number of nitriles is 2. The summed E-state index contributed by atoms with van der Waals surface area (Å²) in [4.78, 5) is 20.5. The van der Waals surface area contributed by atoms with E-state index in [0.29, 0.717) is 18.2 Å². The first-order valence-corrected chi connectivity index (χ1v) is 16.3. The molecule has 0 N–H and O–H groups in total. The Morgan fingerprint density at radius 1 is 0.979 bits per heavy atom. The number of carbonyl (C=O) groups excluding carboxylic acids is 1. The molecule has 4 aliphatic rings. The lowest BCUT2D eigenvalue weighted by atomic mass is 9.97. The first-order chi connectivity index (χ1) is 22.9. The summed E-state index contributed by atoms with van der Waals surface area (Å²) in [5, 5.41) is 28.6. The van der Waals surface area contributed by atoms with Crippen molar-refractivity contribution in [3.8, 4) is 40.3 Å². The molecule has 4 aliphatic heterocycles. The third-order valence-electron chi connectivity index (χ3n) is 10.4. The van der Waals surface area contributed by atoms with Gasteiger partial charge in [0, 0.05) is 80.4 Å². The highest BCUT2D eigenvalue weighted by molar-refractivity contribution is 5.89. The van der Waals surface area contributed by atoms with Gasteiger partial charge >= 0.3 is 0 Å². The Morgan fingerprint density at radius 2 is 1.81 bits per heavy atom. The number of anilines is 1. The molecule has 12 heteroatoms. The van der Waals surface area contributed by atoms with Crippen molar-refractivity contribution in [3.63, 3.8) is 0 Å². The third-order valence-corrected chi connectivity index (χ3v) is 10.4. The minimum atomic E-state index is 0.00459. The summed E-state index contributed by atoms with van der Waals surface area (Å²) in [7, 11) is 0. The predicted octanol–water partition coefficient (Wildman–Crippen LogP) is 3.44. The second kappa shape index (κ2) is 11.5. The largest absolute Gasteiger partial charge is 0.489 e. The maximum atomic E-state index is 11.9. The van der Waals surface area contributed by atoms with Crippen molar-refractivity contribution in [1.29, 1.82) is 10.5 Å². The zero-order chi connectivity index (χ0) is 32.2.